The van der Waals surface area contributed by atoms with Crippen molar-refractivity contribution in [1.29, 1.82) is 0 Å². The van der Waals surface area contributed by atoms with Gasteiger partial charge in [-0.15, -0.1) is 11.3 Å². The van der Waals surface area contributed by atoms with Crippen molar-refractivity contribution in [2.75, 3.05) is 6.61 Å². The van der Waals surface area contributed by atoms with Crippen molar-refractivity contribution in [2.45, 2.75) is 32.9 Å². The summed E-state index contributed by atoms with van der Waals surface area (Å²) in [5.41, 5.74) is 1.27. The van der Waals surface area contributed by atoms with Crippen LogP contribution < -0.4 is 10.1 Å². The second-order valence-corrected chi connectivity index (χ2v) is 6.61. The molecule has 0 fully saturated rings. The Morgan fingerprint density at radius 1 is 1.24 bits per heavy atom. The van der Waals surface area contributed by atoms with Crippen LogP contribution in [0.15, 0.2) is 49.1 Å². The fraction of sp³-hybridized carbons (Fsp3) is 0.333. The van der Waals surface area contributed by atoms with E-state index in [0.717, 1.165) is 18.7 Å². The quantitative estimate of drug-likeness (QED) is 0.732. The zero-order valence-electron chi connectivity index (χ0n) is 12.8. The average molecular weight is 301 g/mol. The highest BCUT2D eigenvalue weighted by atomic mass is 32.1. The number of thiophene rings is 1. The van der Waals surface area contributed by atoms with Crippen LogP contribution in [0.2, 0.25) is 0 Å². The normalized spacial score (nSPS) is 12.1. The van der Waals surface area contributed by atoms with Crippen LogP contribution in [0.5, 0.6) is 5.75 Å². The molecule has 0 aliphatic carbocycles. The van der Waals surface area contributed by atoms with Crippen LogP contribution in [-0.2, 0) is 13.0 Å². The molecule has 0 radical (unpaired) electrons. The van der Waals surface area contributed by atoms with E-state index in [2.05, 4.69) is 50.0 Å². The van der Waals surface area contributed by atoms with Crippen molar-refractivity contribution in [1.82, 2.24) is 5.32 Å². The van der Waals surface area contributed by atoms with Gasteiger partial charge < -0.3 is 10.1 Å². The van der Waals surface area contributed by atoms with Gasteiger partial charge in [0.15, 0.2) is 0 Å². The summed E-state index contributed by atoms with van der Waals surface area (Å²) in [6, 6.07) is 13.1. The van der Waals surface area contributed by atoms with Gasteiger partial charge in [-0.3, -0.25) is 0 Å². The molecule has 2 nitrogen and oxygen atoms in total. The molecule has 0 bridgehead atoms. The third-order valence-electron chi connectivity index (χ3n) is 3.25. The summed E-state index contributed by atoms with van der Waals surface area (Å²) in [5, 5.41) is 3.57. The minimum atomic E-state index is 0.472. The van der Waals surface area contributed by atoms with Gasteiger partial charge in [-0.05, 0) is 50.1 Å². The van der Waals surface area contributed by atoms with Crippen LogP contribution in [0.3, 0.4) is 0 Å². The second kappa shape index (κ2) is 8.01. The standard InChI is InChI=1S/C18H23NOS/c1-4-11-20-17-8-6-16(7-9-17)13-19-14(2)12-18-10-5-15(3)21-18/h4-10,14,19H,1,11-13H2,2-3H3. The van der Waals surface area contributed by atoms with Gasteiger partial charge in [0.25, 0.3) is 0 Å². The molecule has 0 amide bonds. The van der Waals surface area contributed by atoms with E-state index in [1.165, 1.54) is 15.3 Å². The van der Waals surface area contributed by atoms with E-state index in [1.807, 2.05) is 23.5 Å². The second-order valence-electron chi connectivity index (χ2n) is 5.24. The van der Waals surface area contributed by atoms with Crippen molar-refractivity contribution in [2.24, 2.45) is 0 Å². The van der Waals surface area contributed by atoms with E-state index in [0.29, 0.717) is 12.6 Å². The van der Waals surface area contributed by atoms with E-state index in [4.69, 9.17) is 4.74 Å². The van der Waals surface area contributed by atoms with Crippen molar-refractivity contribution in [3.63, 3.8) is 0 Å². The molecule has 1 unspecified atom stereocenters. The van der Waals surface area contributed by atoms with Gasteiger partial charge in [0.2, 0.25) is 0 Å². The summed E-state index contributed by atoms with van der Waals surface area (Å²) < 4.78 is 5.48. The van der Waals surface area contributed by atoms with Gasteiger partial charge in [-0.25, -0.2) is 0 Å². The monoisotopic (exact) mass is 301 g/mol. The minimum Gasteiger partial charge on any atom is -0.490 e. The van der Waals surface area contributed by atoms with Gasteiger partial charge in [-0.1, -0.05) is 24.8 Å². The molecule has 1 heterocycles. The lowest BCUT2D eigenvalue weighted by molar-refractivity contribution is 0.363. The van der Waals surface area contributed by atoms with Gasteiger partial charge in [0.05, 0.1) is 0 Å². The summed E-state index contributed by atoms with van der Waals surface area (Å²) in [5.74, 6) is 0.890. The third-order valence-corrected chi connectivity index (χ3v) is 4.27. The summed E-state index contributed by atoms with van der Waals surface area (Å²) in [4.78, 5) is 2.83. The highest BCUT2D eigenvalue weighted by Gasteiger charge is 2.05. The summed E-state index contributed by atoms with van der Waals surface area (Å²) >= 11 is 1.88. The average Bonchev–Trinajstić information content (AvgIpc) is 2.89. The Morgan fingerprint density at radius 2 is 2.00 bits per heavy atom. The summed E-state index contributed by atoms with van der Waals surface area (Å²) in [7, 11) is 0. The Balaban J connectivity index is 1.78. The predicted octanol–water partition coefficient (Wildman–Crippen LogP) is 4.34. The van der Waals surface area contributed by atoms with Crippen molar-refractivity contribution in [3.05, 3.63) is 64.4 Å². The van der Waals surface area contributed by atoms with E-state index in [9.17, 15) is 0 Å². The zero-order valence-corrected chi connectivity index (χ0v) is 13.6. The maximum Gasteiger partial charge on any atom is 0.119 e. The molecule has 0 saturated heterocycles. The van der Waals surface area contributed by atoms with Crippen LogP contribution >= 0.6 is 11.3 Å². The lowest BCUT2D eigenvalue weighted by Crippen LogP contribution is -2.27. The Morgan fingerprint density at radius 3 is 2.62 bits per heavy atom. The number of hydrogen-bond donors (Lipinski definition) is 1. The molecule has 2 aromatic rings. The van der Waals surface area contributed by atoms with Crippen molar-refractivity contribution in [3.8, 4) is 5.75 Å². The zero-order chi connectivity index (χ0) is 15.1. The van der Waals surface area contributed by atoms with E-state index >= 15 is 0 Å². The molecule has 1 aromatic heterocycles. The van der Waals surface area contributed by atoms with Crippen LogP contribution in [0, 0.1) is 6.92 Å². The predicted molar refractivity (Wildman–Crippen MR) is 91.2 cm³/mol. The largest absolute Gasteiger partial charge is 0.490 e. The molecule has 0 aliphatic heterocycles. The Labute approximate surface area is 131 Å². The number of aryl methyl sites for hydroxylation is 1. The highest BCUT2D eigenvalue weighted by Crippen LogP contribution is 2.17. The van der Waals surface area contributed by atoms with Gasteiger partial charge >= 0.3 is 0 Å². The lowest BCUT2D eigenvalue weighted by Gasteiger charge is -2.13. The maximum absolute atomic E-state index is 5.48. The van der Waals surface area contributed by atoms with Crippen LogP contribution in [0.25, 0.3) is 0 Å². The molecule has 1 atom stereocenters. The van der Waals surface area contributed by atoms with E-state index in [-0.39, 0.29) is 0 Å². The van der Waals surface area contributed by atoms with Crippen molar-refractivity contribution < 1.29 is 4.74 Å². The van der Waals surface area contributed by atoms with E-state index < -0.39 is 0 Å². The topological polar surface area (TPSA) is 21.3 Å². The number of nitrogens with one attached hydrogen (secondary N) is 1. The molecule has 0 saturated carbocycles. The molecule has 1 N–H and O–H groups in total. The summed E-state index contributed by atoms with van der Waals surface area (Å²) in [6.45, 7) is 9.46. The minimum absolute atomic E-state index is 0.472. The summed E-state index contributed by atoms with van der Waals surface area (Å²) in [6.07, 6.45) is 2.84. The molecule has 3 heteroatoms. The first-order valence-electron chi connectivity index (χ1n) is 7.28. The molecular weight excluding hydrogens is 278 g/mol. The van der Waals surface area contributed by atoms with Gasteiger partial charge in [-0.2, -0.15) is 0 Å². The number of hydrogen-bond acceptors (Lipinski definition) is 3. The molecule has 0 spiro atoms. The molecular formula is C18H23NOS. The maximum atomic E-state index is 5.48. The number of benzene rings is 1. The first-order valence-corrected chi connectivity index (χ1v) is 8.10. The number of ether oxygens (including phenoxy) is 1. The number of rotatable bonds is 8. The first kappa shape index (κ1) is 15.8. The van der Waals surface area contributed by atoms with Gasteiger partial charge in [0.1, 0.15) is 12.4 Å². The SMILES string of the molecule is C=CCOc1ccc(CNC(C)Cc2ccc(C)s2)cc1. The lowest BCUT2D eigenvalue weighted by atomic mass is 10.1. The fourth-order valence-electron chi connectivity index (χ4n) is 2.12. The molecule has 2 rings (SSSR count). The Hall–Kier alpha value is -1.58. The van der Waals surface area contributed by atoms with E-state index in [1.54, 1.807) is 6.08 Å². The Bertz CT molecular complexity index is 559. The van der Waals surface area contributed by atoms with Crippen LogP contribution in [0.1, 0.15) is 22.2 Å². The molecule has 21 heavy (non-hydrogen) atoms. The molecule has 1 aromatic carbocycles. The third kappa shape index (κ3) is 5.37. The van der Waals surface area contributed by atoms with Crippen LogP contribution in [0.4, 0.5) is 0 Å². The first-order chi connectivity index (χ1) is 10.2. The Kier molecular flexibility index (Phi) is 6.03. The smallest absolute Gasteiger partial charge is 0.119 e. The highest BCUT2D eigenvalue weighted by molar-refractivity contribution is 7.11. The van der Waals surface area contributed by atoms with Crippen molar-refractivity contribution >= 4 is 11.3 Å². The molecule has 112 valence electrons. The molecule has 0 aliphatic rings. The van der Waals surface area contributed by atoms with Crippen LogP contribution in [-0.4, -0.2) is 12.6 Å². The fourth-order valence-corrected chi connectivity index (χ4v) is 3.14. The van der Waals surface area contributed by atoms with Gasteiger partial charge in [0, 0.05) is 22.3 Å².